The van der Waals surface area contributed by atoms with Gasteiger partial charge in [0, 0.05) is 12.8 Å². The number of nitrogens with one attached hydrogen (secondary N) is 1. The Balaban J connectivity index is 1.74. The van der Waals surface area contributed by atoms with Gasteiger partial charge in [0.1, 0.15) is 6.10 Å². The first kappa shape index (κ1) is 12.6. The molecule has 2 aliphatic heterocycles. The van der Waals surface area contributed by atoms with Crippen LogP contribution in [0.1, 0.15) is 32.1 Å². The molecule has 17 heavy (non-hydrogen) atoms. The maximum absolute atomic E-state index is 10.7. The molecule has 5 heteroatoms. The first-order valence-corrected chi connectivity index (χ1v) is 6.52. The highest BCUT2D eigenvalue weighted by atomic mass is 16.6. The Morgan fingerprint density at radius 2 is 2.35 bits per heavy atom. The van der Waals surface area contributed by atoms with Crippen LogP contribution < -0.4 is 11.1 Å². The first-order chi connectivity index (χ1) is 8.24. The van der Waals surface area contributed by atoms with E-state index >= 15 is 0 Å². The van der Waals surface area contributed by atoms with E-state index in [1.54, 1.807) is 0 Å². The second-order valence-electron chi connectivity index (χ2n) is 5.02. The molecule has 1 amide bonds. The maximum Gasteiger partial charge on any atom is 0.404 e. The van der Waals surface area contributed by atoms with E-state index in [0.717, 1.165) is 32.4 Å². The largest absolute Gasteiger partial charge is 0.446 e. The number of primary amides is 1. The van der Waals surface area contributed by atoms with Crippen LogP contribution in [0.3, 0.4) is 0 Å². The molecule has 0 radical (unpaired) electrons. The SMILES string of the molecule is NC(=O)OC1CCOC(CC2CCCNC2)C1. The molecule has 98 valence electrons. The summed E-state index contributed by atoms with van der Waals surface area (Å²) in [5.74, 6) is 0.695. The molecule has 0 saturated carbocycles. The van der Waals surface area contributed by atoms with Crippen molar-refractivity contribution in [1.82, 2.24) is 5.32 Å². The molecule has 2 fully saturated rings. The predicted molar refractivity (Wildman–Crippen MR) is 63.6 cm³/mol. The van der Waals surface area contributed by atoms with Crippen LogP contribution in [0.4, 0.5) is 4.79 Å². The van der Waals surface area contributed by atoms with Crippen molar-refractivity contribution in [3.8, 4) is 0 Å². The van der Waals surface area contributed by atoms with E-state index in [4.69, 9.17) is 15.2 Å². The van der Waals surface area contributed by atoms with Crippen molar-refractivity contribution in [2.75, 3.05) is 19.7 Å². The highest BCUT2D eigenvalue weighted by Gasteiger charge is 2.27. The van der Waals surface area contributed by atoms with Gasteiger partial charge in [0.2, 0.25) is 0 Å². The summed E-state index contributed by atoms with van der Waals surface area (Å²) >= 11 is 0. The summed E-state index contributed by atoms with van der Waals surface area (Å²) in [4.78, 5) is 10.7. The number of ether oxygens (including phenoxy) is 2. The number of carbonyl (C=O) groups excluding carboxylic acids is 1. The van der Waals surface area contributed by atoms with Crippen molar-refractivity contribution in [2.45, 2.75) is 44.3 Å². The molecule has 2 heterocycles. The summed E-state index contributed by atoms with van der Waals surface area (Å²) in [7, 11) is 0. The Morgan fingerprint density at radius 1 is 1.47 bits per heavy atom. The molecule has 5 nitrogen and oxygen atoms in total. The lowest BCUT2D eigenvalue weighted by Gasteiger charge is -2.32. The Morgan fingerprint density at radius 3 is 3.06 bits per heavy atom. The lowest BCUT2D eigenvalue weighted by atomic mass is 9.90. The van der Waals surface area contributed by atoms with E-state index in [-0.39, 0.29) is 12.2 Å². The third-order valence-corrected chi connectivity index (χ3v) is 3.60. The third kappa shape index (κ3) is 4.16. The smallest absolute Gasteiger partial charge is 0.404 e. The second kappa shape index (κ2) is 6.21. The summed E-state index contributed by atoms with van der Waals surface area (Å²) in [5, 5.41) is 3.41. The lowest BCUT2D eigenvalue weighted by molar-refractivity contribution is -0.0562. The maximum atomic E-state index is 10.7. The Labute approximate surface area is 102 Å². The average Bonchev–Trinajstić information content (AvgIpc) is 2.30. The van der Waals surface area contributed by atoms with E-state index in [0.29, 0.717) is 12.5 Å². The van der Waals surface area contributed by atoms with Gasteiger partial charge in [-0.3, -0.25) is 0 Å². The number of nitrogens with two attached hydrogens (primary N) is 1. The Kier molecular flexibility index (Phi) is 4.62. The van der Waals surface area contributed by atoms with Gasteiger partial charge in [0.15, 0.2) is 0 Å². The van der Waals surface area contributed by atoms with Gasteiger partial charge in [0.05, 0.1) is 12.7 Å². The Bertz CT molecular complexity index is 254. The summed E-state index contributed by atoms with van der Waals surface area (Å²) in [5.41, 5.74) is 5.04. The van der Waals surface area contributed by atoms with Crippen LogP contribution in [0.15, 0.2) is 0 Å². The number of hydrogen-bond acceptors (Lipinski definition) is 4. The van der Waals surface area contributed by atoms with Crippen LogP contribution >= 0.6 is 0 Å². The van der Waals surface area contributed by atoms with Gasteiger partial charge in [-0.2, -0.15) is 0 Å². The molecule has 0 aromatic carbocycles. The minimum Gasteiger partial charge on any atom is -0.446 e. The van der Waals surface area contributed by atoms with Crippen LogP contribution in [0.2, 0.25) is 0 Å². The number of carbonyl (C=O) groups is 1. The quantitative estimate of drug-likeness (QED) is 0.775. The van der Waals surface area contributed by atoms with Gasteiger partial charge < -0.3 is 20.5 Å². The number of rotatable bonds is 3. The summed E-state index contributed by atoms with van der Waals surface area (Å²) < 4.78 is 10.8. The second-order valence-corrected chi connectivity index (χ2v) is 5.02. The van der Waals surface area contributed by atoms with Gasteiger partial charge in [-0.15, -0.1) is 0 Å². The molecule has 0 aromatic rings. The van der Waals surface area contributed by atoms with Crippen LogP contribution in [-0.4, -0.2) is 38.0 Å². The van der Waals surface area contributed by atoms with Crippen molar-refractivity contribution >= 4 is 6.09 Å². The van der Waals surface area contributed by atoms with Crippen molar-refractivity contribution in [3.63, 3.8) is 0 Å². The predicted octanol–water partition coefficient (Wildman–Crippen LogP) is 1.02. The fourth-order valence-electron chi connectivity index (χ4n) is 2.78. The molecule has 3 unspecified atom stereocenters. The topological polar surface area (TPSA) is 73.6 Å². The zero-order valence-electron chi connectivity index (χ0n) is 10.2. The standard InChI is InChI=1S/C12H22N2O3/c13-12(15)17-10-3-5-16-11(7-10)6-9-2-1-4-14-8-9/h9-11,14H,1-8H2,(H2,13,15). The van der Waals surface area contributed by atoms with Crippen molar-refractivity contribution in [3.05, 3.63) is 0 Å². The molecule has 3 atom stereocenters. The van der Waals surface area contributed by atoms with E-state index in [1.807, 2.05) is 0 Å². The van der Waals surface area contributed by atoms with Gasteiger partial charge >= 0.3 is 6.09 Å². The molecular formula is C12H22N2O3. The molecule has 2 rings (SSSR count). The lowest BCUT2D eigenvalue weighted by Crippen LogP contribution is -2.37. The van der Waals surface area contributed by atoms with Crippen molar-refractivity contribution in [2.24, 2.45) is 11.7 Å². The molecule has 3 N–H and O–H groups in total. The molecule has 0 aromatic heterocycles. The average molecular weight is 242 g/mol. The Hall–Kier alpha value is -0.810. The van der Waals surface area contributed by atoms with Gasteiger partial charge in [0.25, 0.3) is 0 Å². The van der Waals surface area contributed by atoms with Crippen molar-refractivity contribution < 1.29 is 14.3 Å². The molecule has 0 spiro atoms. The summed E-state index contributed by atoms with van der Waals surface area (Å²) in [6, 6.07) is 0. The molecule has 0 aliphatic carbocycles. The van der Waals surface area contributed by atoms with E-state index in [2.05, 4.69) is 5.32 Å². The van der Waals surface area contributed by atoms with Crippen molar-refractivity contribution in [1.29, 1.82) is 0 Å². The van der Waals surface area contributed by atoms with Crippen LogP contribution in [0.5, 0.6) is 0 Å². The minimum atomic E-state index is -0.671. The normalized spacial score (nSPS) is 34.2. The van der Waals surface area contributed by atoms with E-state index in [1.165, 1.54) is 12.8 Å². The fraction of sp³-hybridized carbons (Fsp3) is 0.917. The number of amides is 1. The van der Waals surface area contributed by atoms with E-state index in [9.17, 15) is 4.79 Å². The zero-order chi connectivity index (χ0) is 12.1. The summed E-state index contributed by atoms with van der Waals surface area (Å²) in [6.45, 7) is 2.89. The number of hydrogen-bond donors (Lipinski definition) is 2. The molecule has 2 aliphatic rings. The first-order valence-electron chi connectivity index (χ1n) is 6.52. The van der Waals surface area contributed by atoms with Crippen LogP contribution in [-0.2, 0) is 9.47 Å². The minimum absolute atomic E-state index is 0.0530. The van der Waals surface area contributed by atoms with E-state index < -0.39 is 6.09 Å². The fourth-order valence-corrected chi connectivity index (χ4v) is 2.78. The highest BCUT2D eigenvalue weighted by Crippen LogP contribution is 2.25. The van der Waals surface area contributed by atoms with Gasteiger partial charge in [-0.25, -0.2) is 4.79 Å². The van der Waals surface area contributed by atoms with Gasteiger partial charge in [-0.1, -0.05) is 0 Å². The number of piperidine rings is 1. The molecular weight excluding hydrogens is 220 g/mol. The highest BCUT2D eigenvalue weighted by molar-refractivity contribution is 5.64. The summed E-state index contributed by atoms with van der Waals surface area (Å²) in [6.07, 6.45) is 4.64. The van der Waals surface area contributed by atoms with Crippen LogP contribution in [0.25, 0.3) is 0 Å². The molecule has 0 bridgehead atoms. The molecule has 2 saturated heterocycles. The monoisotopic (exact) mass is 242 g/mol. The third-order valence-electron chi connectivity index (χ3n) is 3.60. The van der Waals surface area contributed by atoms with Gasteiger partial charge in [-0.05, 0) is 38.3 Å². The van der Waals surface area contributed by atoms with Crippen LogP contribution in [0, 0.1) is 5.92 Å². The zero-order valence-corrected chi connectivity index (χ0v) is 10.2.